The van der Waals surface area contributed by atoms with Crippen molar-refractivity contribution in [1.29, 1.82) is 0 Å². The summed E-state index contributed by atoms with van der Waals surface area (Å²) in [7, 11) is 0. The number of halogens is 3. The van der Waals surface area contributed by atoms with Crippen molar-refractivity contribution in [3.8, 4) is 0 Å². The normalized spacial score (nSPS) is 25.7. The molecule has 0 unspecified atom stereocenters. The number of carbonyl (C=O) groups is 1. The molecule has 2 saturated heterocycles. The van der Waals surface area contributed by atoms with Crippen molar-refractivity contribution in [1.82, 2.24) is 4.90 Å². The van der Waals surface area contributed by atoms with Gasteiger partial charge in [0.25, 0.3) is 5.91 Å². The van der Waals surface area contributed by atoms with Crippen LogP contribution in [0.15, 0.2) is 24.3 Å². The molecule has 6 heteroatoms. The first-order chi connectivity index (χ1) is 10.4. The zero-order valence-electron chi connectivity index (χ0n) is 12.1. The predicted molar refractivity (Wildman–Crippen MR) is 74.4 cm³/mol. The fraction of sp³-hybridized carbons (Fsp3) is 0.562. The summed E-state index contributed by atoms with van der Waals surface area (Å²) >= 11 is 0. The van der Waals surface area contributed by atoms with Crippen molar-refractivity contribution < 1.29 is 22.7 Å². The molecule has 0 N–H and O–H groups in total. The van der Waals surface area contributed by atoms with Crippen LogP contribution in [-0.4, -0.2) is 36.6 Å². The van der Waals surface area contributed by atoms with Crippen molar-refractivity contribution >= 4 is 5.91 Å². The Hall–Kier alpha value is -1.56. The quantitative estimate of drug-likeness (QED) is 0.839. The molecule has 0 aromatic heterocycles. The number of likely N-dealkylation sites (tertiary alicyclic amines) is 1. The van der Waals surface area contributed by atoms with Gasteiger partial charge in [-0.05, 0) is 30.9 Å². The molecule has 120 valence electrons. The van der Waals surface area contributed by atoms with Crippen LogP contribution in [0.5, 0.6) is 0 Å². The Morgan fingerprint density at radius 2 is 2.09 bits per heavy atom. The molecule has 3 nitrogen and oxygen atoms in total. The lowest BCUT2D eigenvalue weighted by Crippen LogP contribution is -2.37. The van der Waals surface area contributed by atoms with Gasteiger partial charge in [0.05, 0.1) is 5.56 Å². The monoisotopic (exact) mass is 313 g/mol. The molecule has 2 atom stereocenters. The highest BCUT2D eigenvalue weighted by molar-refractivity contribution is 5.81. The van der Waals surface area contributed by atoms with E-state index in [1.807, 2.05) is 0 Å². The first kappa shape index (κ1) is 15.3. The summed E-state index contributed by atoms with van der Waals surface area (Å²) in [6.45, 7) is 1.67. The average molecular weight is 313 g/mol. The van der Waals surface area contributed by atoms with Crippen molar-refractivity contribution in [2.45, 2.75) is 37.5 Å². The third-order valence-electron chi connectivity index (χ3n) is 4.39. The Bertz CT molecular complexity index is 553. The number of rotatable bonds is 2. The van der Waals surface area contributed by atoms with E-state index in [4.69, 9.17) is 4.74 Å². The van der Waals surface area contributed by atoms with Crippen LogP contribution in [-0.2, 0) is 15.7 Å². The molecule has 0 radical (unpaired) electrons. The van der Waals surface area contributed by atoms with Gasteiger partial charge in [0.2, 0.25) is 0 Å². The number of amides is 1. The summed E-state index contributed by atoms with van der Waals surface area (Å²) in [6, 6.07) is 5.42. The molecule has 0 saturated carbocycles. The van der Waals surface area contributed by atoms with E-state index in [9.17, 15) is 18.0 Å². The van der Waals surface area contributed by atoms with Gasteiger partial charge in [-0.2, -0.15) is 13.2 Å². The van der Waals surface area contributed by atoms with Crippen LogP contribution in [0.4, 0.5) is 13.2 Å². The average Bonchev–Trinajstić information content (AvgIpc) is 3.17. The van der Waals surface area contributed by atoms with Crippen molar-refractivity contribution in [2.24, 2.45) is 0 Å². The Balaban J connectivity index is 1.68. The molecule has 1 aromatic rings. The van der Waals surface area contributed by atoms with E-state index in [1.165, 1.54) is 12.1 Å². The van der Waals surface area contributed by atoms with Gasteiger partial charge in [0.1, 0.15) is 6.10 Å². The van der Waals surface area contributed by atoms with Gasteiger partial charge in [-0.1, -0.05) is 18.2 Å². The maximum Gasteiger partial charge on any atom is 0.416 e. The van der Waals surface area contributed by atoms with Crippen LogP contribution in [0.3, 0.4) is 0 Å². The number of hydrogen-bond acceptors (Lipinski definition) is 2. The second kappa shape index (κ2) is 5.91. The minimum absolute atomic E-state index is 0.0213. The van der Waals surface area contributed by atoms with Crippen molar-refractivity contribution in [2.75, 3.05) is 19.7 Å². The van der Waals surface area contributed by atoms with E-state index in [-0.39, 0.29) is 17.9 Å². The zero-order chi connectivity index (χ0) is 15.7. The summed E-state index contributed by atoms with van der Waals surface area (Å²) < 4.78 is 43.7. The fourth-order valence-electron chi connectivity index (χ4n) is 3.18. The van der Waals surface area contributed by atoms with Gasteiger partial charge in [-0.25, -0.2) is 0 Å². The van der Waals surface area contributed by atoms with Crippen molar-refractivity contribution in [3.05, 3.63) is 35.4 Å². The van der Waals surface area contributed by atoms with E-state index < -0.39 is 11.7 Å². The molecule has 0 bridgehead atoms. The van der Waals surface area contributed by atoms with Crippen LogP contribution >= 0.6 is 0 Å². The Labute approximate surface area is 127 Å². The summed E-state index contributed by atoms with van der Waals surface area (Å²) in [5.74, 6) is -0.0559. The molecule has 0 spiro atoms. The zero-order valence-corrected chi connectivity index (χ0v) is 12.1. The third-order valence-corrected chi connectivity index (χ3v) is 4.39. The molecule has 2 fully saturated rings. The lowest BCUT2D eigenvalue weighted by atomic mass is 9.96. The molecular weight excluding hydrogens is 295 g/mol. The number of alkyl halides is 3. The number of ether oxygens (including phenoxy) is 1. The summed E-state index contributed by atoms with van der Waals surface area (Å²) in [4.78, 5) is 14.0. The molecule has 22 heavy (non-hydrogen) atoms. The van der Waals surface area contributed by atoms with E-state index in [2.05, 4.69) is 0 Å². The lowest BCUT2D eigenvalue weighted by Gasteiger charge is -2.20. The number of benzene rings is 1. The molecule has 2 aliphatic heterocycles. The topological polar surface area (TPSA) is 29.5 Å². The molecule has 1 aromatic carbocycles. The van der Waals surface area contributed by atoms with E-state index in [0.717, 1.165) is 18.9 Å². The molecule has 3 rings (SSSR count). The maximum atomic E-state index is 12.8. The van der Waals surface area contributed by atoms with Crippen LogP contribution in [0.2, 0.25) is 0 Å². The maximum absolute atomic E-state index is 12.8. The van der Waals surface area contributed by atoms with Crippen LogP contribution in [0.25, 0.3) is 0 Å². The van der Waals surface area contributed by atoms with Gasteiger partial charge in [0, 0.05) is 25.6 Å². The van der Waals surface area contributed by atoms with E-state index >= 15 is 0 Å². The largest absolute Gasteiger partial charge is 0.416 e. The number of nitrogens with zero attached hydrogens (tertiary/aromatic N) is 1. The molecule has 1 amide bonds. The smallest absolute Gasteiger partial charge is 0.368 e. The summed E-state index contributed by atoms with van der Waals surface area (Å²) in [5.41, 5.74) is 0.0198. The molecular formula is C16H18F3NO2. The van der Waals surface area contributed by atoms with E-state index in [1.54, 1.807) is 11.0 Å². The highest BCUT2D eigenvalue weighted by Crippen LogP contribution is 2.34. The predicted octanol–water partition coefficient (Wildman–Crippen LogP) is 3.20. The Morgan fingerprint density at radius 1 is 1.27 bits per heavy atom. The minimum Gasteiger partial charge on any atom is -0.368 e. The SMILES string of the molecule is O=C([C@@H]1CCCO1)N1CC[C@H](c2cccc(C(F)(F)F)c2)C1. The van der Waals surface area contributed by atoms with Gasteiger partial charge in [-0.3, -0.25) is 4.79 Å². The Kier molecular flexibility index (Phi) is 4.12. The van der Waals surface area contributed by atoms with E-state index in [0.29, 0.717) is 31.7 Å². The first-order valence-electron chi connectivity index (χ1n) is 7.52. The highest BCUT2D eigenvalue weighted by Gasteiger charge is 2.35. The van der Waals surface area contributed by atoms with Gasteiger partial charge in [0.15, 0.2) is 0 Å². The summed E-state index contributed by atoms with van der Waals surface area (Å²) in [5, 5.41) is 0. The van der Waals surface area contributed by atoms with Crippen molar-refractivity contribution in [3.63, 3.8) is 0 Å². The second-order valence-corrected chi connectivity index (χ2v) is 5.89. The Morgan fingerprint density at radius 3 is 2.77 bits per heavy atom. The fourth-order valence-corrected chi connectivity index (χ4v) is 3.18. The highest BCUT2D eigenvalue weighted by atomic mass is 19.4. The van der Waals surface area contributed by atoms with Crippen LogP contribution in [0.1, 0.15) is 36.3 Å². The van der Waals surface area contributed by atoms with Gasteiger partial charge >= 0.3 is 6.18 Å². The second-order valence-electron chi connectivity index (χ2n) is 5.89. The van der Waals surface area contributed by atoms with Crippen LogP contribution in [0, 0.1) is 0 Å². The molecule has 2 heterocycles. The third kappa shape index (κ3) is 3.11. The van der Waals surface area contributed by atoms with Crippen LogP contribution < -0.4 is 0 Å². The number of hydrogen-bond donors (Lipinski definition) is 0. The lowest BCUT2D eigenvalue weighted by molar-refractivity contribution is -0.140. The molecule has 2 aliphatic rings. The molecule has 0 aliphatic carbocycles. The van der Waals surface area contributed by atoms with Gasteiger partial charge in [-0.15, -0.1) is 0 Å². The van der Waals surface area contributed by atoms with Gasteiger partial charge < -0.3 is 9.64 Å². The first-order valence-corrected chi connectivity index (χ1v) is 7.52. The minimum atomic E-state index is -4.33. The standard InChI is InChI=1S/C16H18F3NO2/c17-16(18,19)13-4-1-3-11(9-13)12-6-7-20(10-12)15(21)14-5-2-8-22-14/h1,3-4,9,12,14H,2,5-8,10H2/t12-,14-/m0/s1. The summed E-state index contributed by atoms with van der Waals surface area (Å²) in [6.07, 6.45) is -2.37. The number of carbonyl (C=O) groups excluding carboxylic acids is 1.